The van der Waals surface area contributed by atoms with E-state index < -0.39 is 23.4 Å². The van der Waals surface area contributed by atoms with E-state index in [1.165, 1.54) is 6.26 Å². The van der Waals surface area contributed by atoms with Crippen molar-refractivity contribution in [3.05, 3.63) is 59.5 Å². The van der Waals surface area contributed by atoms with Crippen molar-refractivity contribution >= 4 is 17.8 Å². The molecule has 0 radical (unpaired) electrons. The second-order valence-electron chi connectivity index (χ2n) is 6.17. The molecule has 1 aliphatic rings. The lowest BCUT2D eigenvalue weighted by Crippen LogP contribution is -2.43. The van der Waals surface area contributed by atoms with Crippen molar-refractivity contribution in [2.24, 2.45) is 0 Å². The van der Waals surface area contributed by atoms with E-state index in [1.807, 2.05) is 19.1 Å². The minimum Gasteiger partial charge on any atom is -0.467 e. The molecule has 7 nitrogen and oxygen atoms in total. The third-order valence-electron chi connectivity index (χ3n) is 4.25. The zero-order valence-electron chi connectivity index (χ0n) is 14.0. The van der Waals surface area contributed by atoms with Crippen LogP contribution in [0.1, 0.15) is 23.8 Å². The summed E-state index contributed by atoms with van der Waals surface area (Å²) in [5.74, 6) is -0.294. The Morgan fingerprint density at radius 3 is 2.60 bits per heavy atom. The minimum atomic E-state index is -1.17. The van der Waals surface area contributed by atoms with Crippen molar-refractivity contribution in [2.45, 2.75) is 25.9 Å². The quantitative estimate of drug-likeness (QED) is 0.809. The van der Waals surface area contributed by atoms with Crippen molar-refractivity contribution in [3.8, 4) is 0 Å². The molecule has 1 aromatic carbocycles. The van der Waals surface area contributed by atoms with E-state index in [0.717, 1.165) is 10.5 Å². The lowest BCUT2D eigenvalue weighted by molar-refractivity contribution is -0.134. The fourth-order valence-electron chi connectivity index (χ4n) is 2.72. The van der Waals surface area contributed by atoms with Crippen molar-refractivity contribution < 1.29 is 18.8 Å². The highest BCUT2D eigenvalue weighted by Crippen LogP contribution is 2.28. The average molecular weight is 341 g/mol. The number of furan rings is 1. The summed E-state index contributed by atoms with van der Waals surface area (Å²) in [4.78, 5) is 37.9. The van der Waals surface area contributed by atoms with Crippen molar-refractivity contribution in [1.29, 1.82) is 0 Å². The molecular weight excluding hydrogens is 322 g/mol. The van der Waals surface area contributed by atoms with E-state index in [1.54, 1.807) is 31.2 Å². The molecule has 0 aliphatic carbocycles. The minimum absolute atomic E-state index is 0.199. The number of carbonyl (C=O) groups excluding carboxylic acids is 3. The highest BCUT2D eigenvalue weighted by molar-refractivity contribution is 6.09. The van der Waals surface area contributed by atoms with E-state index in [-0.39, 0.29) is 13.1 Å². The summed E-state index contributed by atoms with van der Waals surface area (Å²) in [6, 6.07) is 10.2. The van der Waals surface area contributed by atoms with Crippen molar-refractivity contribution in [2.75, 3.05) is 6.54 Å². The lowest BCUT2D eigenvalue weighted by Gasteiger charge is -2.22. The highest BCUT2D eigenvalue weighted by Gasteiger charge is 2.49. The summed E-state index contributed by atoms with van der Waals surface area (Å²) in [6.45, 7) is 3.44. The number of nitrogens with one attached hydrogen (secondary N) is 2. The molecule has 1 fully saturated rings. The number of hydrogen-bond acceptors (Lipinski definition) is 4. The number of imide groups is 1. The first-order valence-electron chi connectivity index (χ1n) is 7.90. The van der Waals surface area contributed by atoms with Crippen LogP contribution in [0.15, 0.2) is 47.1 Å². The highest BCUT2D eigenvalue weighted by atomic mass is 16.3. The van der Waals surface area contributed by atoms with Crippen LogP contribution in [0, 0.1) is 6.92 Å². The van der Waals surface area contributed by atoms with Gasteiger partial charge in [0.1, 0.15) is 17.8 Å². The Labute approximate surface area is 145 Å². The monoisotopic (exact) mass is 341 g/mol. The largest absolute Gasteiger partial charge is 0.467 e. The van der Waals surface area contributed by atoms with Crippen LogP contribution in [-0.4, -0.2) is 29.3 Å². The Morgan fingerprint density at radius 1 is 1.24 bits per heavy atom. The van der Waals surface area contributed by atoms with Gasteiger partial charge < -0.3 is 15.1 Å². The van der Waals surface area contributed by atoms with Crippen LogP contribution < -0.4 is 10.6 Å². The number of aryl methyl sites for hydroxylation is 1. The normalized spacial score (nSPS) is 19.8. The van der Waals surface area contributed by atoms with E-state index in [4.69, 9.17) is 4.42 Å². The first kappa shape index (κ1) is 16.8. The predicted octanol–water partition coefficient (Wildman–Crippen LogP) is 1.67. The summed E-state index contributed by atoms with van der Waals surface area (Å²) >= 11 is 0. The Balaban J connectivity index is 1.68. The Kier molecular flexibility index (Phi) is 4.31. The van der Waals surface area contributed by atoms with E-state index in [2.05, 4.69) is 10.6 Å². The van der Waals surface area contributed by atoms with Crippen LogP contribution in [0.25, 0.3) is 0 Å². The number of rotatable bonds is 5. The van der Waals surface area contributed by atoms with Gasteiger partial charge in [-0.15, -0.1) is 0 Å². The Morgan fingerprint density at radius 2 is 1.96 bits per heavy atom. The summed E-state index contributed by atoms with van der Waals surface area (Å²) in [5, 5.41) is 5.30. The number of benzene rings is 1. The van der Waals surface area contributed by atoms with Gasteiger partial charge in [-0.1, -0.05) is 29.8 Å². The van der Waals surface area contributed by atoms with Crippen LogP contribution in [0.4, 0.5) is 4.79 Å². The molecule has 130 valence electrons. The molecule has 0 unspecified atom stereocenters. The van der Waals surface area contributed by atoms with Gasteiger partial charge in [-0.25, -0.2) is 4.79 Å². The molecule has 1 atom stereocenters. The molecule has 7 heteroatoms. The molecule has 25 heavy (non-hydrogen) atoms. The molecule has 1 aromatic heterocycles. The Hall–Kier alpha value is -3.09. The Bertz CT molecular complexity index is 798. The van der Waals surface area contributed by atoms with Crippen LogP contribution in [-0.2, 0) is 21.7 Å². The molecule has 0 saturated carbocycles. The van der Waals surface area contributed by atoms with Gasteiger partial charge in [-0.05, 0) is 31.5 Å². The predicted molar refractivity (Wildman–Crippen MR) is 89.3 cm³/mol. The van der Waals surface area contributed by atoms with Gasteiger partial charge in [0, 0.05) is 0 Å². The van der Waals surface area contributed by atoms with E-state index >= 15 is 0 Å². The summed E-state index contributed by atoms with van der Waals surface area (Å²) in [6.07, 6.45) is 1.51. The van der Waals surface area contributed by atoms with Crippen molar-refractivity contribution in [3.63, 3.8) is 0 Å². The number of carbonyl (C=O) groups is 3. The van der Waals surface area contributed by atoms with Crippen LogP contribution in [0.3, 0.4) is 0 Å². The van der Waals surface area contributed by atoms with Gasteiger partial charge >= 0.3 is 6.03 Å². The lowest BCUT2D eigenvalue weighted by atomic mass is 9.91. The SMILES string of the molecule is Cc1ccc([C@]2(C)NC(=O)N(CC(=O)NCc3ccco3)C2=O)cc1. The van der Waals surface area contributed by atoms with Gasteiger partial charge in [0.2, 0.25) is 5.91 Å². The number of urea groups is 1. The summed E-state index contributed by atoms with van der Waals surface area (Å²) < 4.78 is 5.12. The molecule has 2 heterocycles. The average Bonchev–Trinajstić information content (AvgIpc) is 3.17. The van der Waals surface area contributed by atoms with Crippen LogP contribution >= 0.6 is 0 Å². The second kappa shape index (κ2) is 6.43. The molecule has 1 saturated heterocycles. The fraction of sp³-hybridized carbons (Fsp3) is 0.278. The summed E-state index contributed by atoms with van der Waals surface area (Å²) in [5.41, 5.74) is 0.555. The maximum absolute atomic E-state index is 12.7. The van der Waals surface area contributed by atoms with E-state index in [9.17, 15) is 14.4 Å². The maximum atomic E-state index is 12.7. The van der Waals surface area contributed by atoms with Crippen LogP contribution in [0.2, 0.25) is 0 Å². The molecule has 4 amide bonds. The zero-order valence-corrected chi connectivity index (χ0v) is 14.0. The number of amides is 4. The summed E-state index contributed by atoms with van der Waals surface area (Å²) in [7, 11) is 0. The molecule has 0 bridgehead atoms. The van der Waals surface area contributed by atoms with Gasteiger partial charge in [0.15, 0.2) is 0 Å². The first-order valence-corrected chi connectivity index (χ1v) is 7.90. The molecule has 1 aliphatic heterocycles. The van der Waals surface area contributed by atoms with Gasteiger partial charge in [-0.3, -0.25) is 14.5 Å². The van der Waals surface area contributed by atoms with Crippen LogP contribution in [0.5, 0.6) is 0 Å². The van der Waals surface area contributed by atoms with Gasteiger partial charge in [-0.2, -0.15) is 0 Å². The third kappa shape index (κ3) is 3.26. The topological polar surface area (TPSA) is 91.7 Å². The first-order chi connectivity index (χ1) is 11.9. The number of hydrogen-bond donors (Lipinski definition) is 2. The molecule has 3 rings (SSSR count). The second-order valence-corrected chi connectivity index (χ2v) is 6.17. The molecular formula is C18H19N3O4. The van der Waals surface area contributed by atoms with Crippen molar-refractivity contribution in [1.82, 2.24) is 15.5 Å². The fourth-order valence-corrected chi connectivity index (χ4v) is 2.72. The number of nitrogens with zero attached hydrogens (tertiary/aromatic N) is 1. The third-order valence-corrected chi connectivity index (χ3v) is 4.25. The zero-order chi connectivity index (χ0) is 18.0. The van der Waals surface area contributed by atoms with Gasteiger partial charge in [0.05, 0.1) is 12.8 Å². The van der Waals surface area contributed by atoms with E-state index in [0.29, 0.717) is 11.3 Å². The standard InChI is InChI=1S/C18H19N3O4/c1-12-5-7-13(8-6-12)18(2)16(23)21(17(24)20-18)11-15(22)19-10-14-4-3-9-25-14/h3-9H,10-11H2,1-2H3,(H,19,22)(H,20,24)/t18-/m0/s1. The molecule has 2 aromatic rings. The van der Waals surface area contributed by atoms with Gasteiger partial charge in [0.25, 0.3) is 5.91 Å². The molecule has 0 spiro atoms. The smallest absolute Gasteiger partial charge is 0.325 e. The maximum Gasteiger partial charge on any atom is 0.325 e. The molecule has 2 N–H and O–H groups in total.